The maximum absolute atomic E-state index is 5.83. The molecule has 0 unspecified atom stereocenters. The third-order valence-corrected chi connectivity index (χ3v) is 2.88. The number of aliphatic imine (C=N–C) groups is 1. The Labute approximate surface area is 94.9 Å². The summed E-state index contributed by atoms with van der Waals surface area (Å²) in [7, 11) is 1.80. The number of hydrogen-bond acceptors (Lipinski definition) is 2. The third-order valence-electron chi connectivity index (χ3n) is 2.63. The molecule has 1 aromatic carbocycles. The lowest BCUT2D eigenvalue weighted by Crippen LogP contribution is -1.99. The molecular weight excluding hydrogens is 210 g/mol. The van der Waals surface area contributed by atoms with E-state index in [9.17, 15) is 0 Å². The zero-order chi connectivity index (χ0) is 10.7. The molecule has 0 spiro atoms. The molecule has 0 aromatic heterocycles. The lowest BCUT2D eigenvalue weighted by molar-refractivity contribution is 0.110. The SMILES string of the molecule is C/N=C\[C@@H]1CO[C@@H](c2ccc(Cl)cc2)C1. The second-order valence-corrected chi connectivity index (χ2v) is 4.21. The second kappa shape index (κ2) is 4.77. The summed E-state index contributed by atoms with van der Waals surface area (Å²) in [5.74, 6) is 0.454. The Kier molecular flexibility index (Phi) is 3.39. The summed E-state index contributed by atoms with van der Waals surface area (Å²) in [6.45, 7) is 0.768. The fraction of sp³-hybridized carbons (Fsp3) is 0.417. The van der Waals surface area contributed by atoms with Crippen LogP contribution in [-0.4, -0.2) is 19.9 Å². The van der Waals surface area contributed by atoms with Gasteiger partial charge in [-0.3, -0.25) is 0 Å². The third kappa shape index (κ3) is 2.58. The van der Waals surface area contributed by atoms with E-state index < -0.39 is 0 Å². The molecule has 1 heterocycles. The lowest BCUT2D eigenvalue weighted by Gasteiger charge is -2.08. The molecule has 15 heavy (non-hydrogen) atoms. The molecule has 80 valence electrons. The van der Waals surface area contributed by atoms with Gasteiger partial charge in [0.05, 0.1) is 12.7 Å². The summed E-state index contributed by atoms with van der Waals surface area (Å²) >= 11 is 5.83. The Morgan fingerprint density at radius 2 is 2.13 bits per heavy atom. The van der Waals surface area contributed by atoms with Crippen molar-refractivity contribution in [3.63, 3.8) is 0 Å². The lowest BCUT2D eigenvalue weighted by atomic mass is 10.0. The van der Waals surface area contributed by atoms with Crippen LogP contribution in [0.15, 0.2) is 29.3 Å². The molecule has 1 aliphatic rings. The zero-order valence-electron chi connectivity index (χ0n) is 8.69. The largest absolute Gasteiger partial charge is 0.373 e. The van der Waals surface area contributed by atoms with E-state index in [-0.39, 0.29) is 6.10 Å². The Morgan fingerprint density at radius 1 is 1.40 bits per heavy atom. The van der Waals surface area contributed by atoms with E-state index in [0.717, 1.165) is 18.1 Å². The fourth-order valence-electron chi connectivity index (χ4n) is 1.88. The molecule has 2 rings (SSSR count). The van der Waals surface area contributed by atoms with E-state index in [1.165, 1.54) is 5.56 Å². The second-order valence-electron chi connectivity index (χ2n) is 3.78. The van der Waals surface area contributed by atoms with Crippen LogP contribution in [0.3, 0.4) is 0 Å². The number of nitrogens with zero attached hydrogens (tertiary/aromatic N) is 1. The summed E-state index contributed by atoms with van der Waals surface area (Å²) in [4.78, 5) is 4.03. The summed E-state index contributed by atoms with van der Waals surface area (Å²) in [5.41, 5.74) is 1.20. The molecule has 3 heteroatoms. The molecule has 0 amide bonds. The van der Waals surface area contributed by atoms with Crippen LogP contribution in [0.1, 0.15) is 18.1 Å². The number of halogens is 1. The highest BCUT2D eigenvalue weighted by Crippen LogP contribution is 2.31. The van der Waals surface area contributed by atoms with Gasteiger partial charge in [-0.1, -0.05) is 23.7 Å². The smallest absolute Gasteiger partial charge is 0.0832 e. The highest BCUT2D eigenvalue weighted by Gasteiger charge is 2.25. The van der Waals surface area contributed by atoms with Crippen molar-refractivity contribution in [3.8, 4) is 0 Å². The number of benzene rings is 1. The molecule has 1 aliphatic heterocycles. The average Bonchev–Trinajstić information content (AvgIpc) is 2.68. The average molecular weight is 224 g/mol. The van der Waals surface area contributed by atoms with Crippen LogP contribution in [0.25, 0.3) is 0 Å². The minimum absolute atomic E-state index is 0.199. The Morgan fingerprint density at radius 3 is 2.80 bits per heavy atom. The van der Waals surface area contributed by atoms with Crippen molar-refractivity contribution in [2.45, 2.75) is 12.5 Å². The predicted octanol–water partition coefficient (Wildman–Crippen LogP) is 3.12. The van der Waals surface area contributed by atoms with Gasteiger partial charge in [-0.2, -0.15) is 0 Å². The first-order chi connectivity index (χ1) is 7.29. The van der Waals surface area contributed by atoms with Gasteiger partial charge in [0.2, 0.25) is 0 Å². The molecule has 2 atom stereocenters. The molecule has 0 bridgehead atoms. The van der Waals surface area contributed by atoms with Crippen LogP contribution in [-0.2, 0) is 4.74 Å². The van der Waals surface area contributed by atoms with Gasteiger partial charge in [0.25, 0.3) is 0 Å². The van der Waals surface area contributed by atoms with E-state index in [4.69, 9.17) is 16.3 Å². The Bertz CT molecular complexity index is 347. The molecule has 1 fully saturated rings. The van der Waals surface area contributed by atoms with E-state index in [2.05, 4.69) is 4.99 Å². The van der Waals surface area contributed by atoms with Crippen molar-refractivity contribution < 1.29 is 4.74 Å². The number of ether oxygens (including phenoxy) is 1. The standard InChI is InChI=1S/C12H14ClNO/c1-14-7-9-6-12(15-8-9)10-2-4-11(13)5-3-10/h2-5,7,9,12H,6,8H2,1H3/b14-7-/t9-,12-/m1/s1. The van der Waals surface area contributed by atoms with Gasteiger partial charge < -0.3 is 9.73 Å². The van der Waals surface area contributed by atoms with Gasteiger partial charge in [0, 0.05) is 24.2 Å². The van der Waals surface area contributed by atoms with Gasteiger partial charge in [0.15, 0.2) is 0 Å². The fourth-order valence-corrected chi connectivity index (χ4v) is 2.00. The molecule has 1 aromatic rings. The van der Waals surface area contributed by atoms with Crippen molar-refractivity contribution in [3.05, 3.63) is 34.9 Å². The van der Waals surface area contributed by atoms with Gasteiger partial charge in [0.1, 0.15) is 0 Å². The summed E-state index contributed by atoms with van der Waals surface area (Å²) in [6.07, 6.45) is 3.18. The summed E-state index contributed by atoms with van der Waals surface area (Å²) in [6, 6.07) is 7.86. The van der Waals surface area contributed by atoms with Crippen molar-refractivity contribution in [2.24, 2.45) is 10.9 Å². The zero-order valence-corrected chi connectivity index (χ0v) is 9.45. The highest BCUT2D eigenvalue weighted by atomic mass is 35.5. The van der Waals surface area contributed by atoms with Crippen molar-refractivity contribution in [1.82, 2.24) is 0 Å². The molecule has 2 nitrogen and oxygen atoms in total. The first-order valence-electron chi connectivity index (χ1n) is 5.09. The first kappa shape index (κ1) is 10.7. The maximum atomic E-state index is 5.83. The Hall–Kier alpha value is -0.860. The van der Waals surface area contributed by atoms with Gasteiger partial charge in [-0.15, -0.1) is 0 Å². The van der Waals surface area contributed by atoms with E-state index >= 15 is 0 Å². The normalized spacial score (nSPS) is 26.3. The van der Waals surface area contributed by atoms with Gasteiger partial charge in [-0.25, -0.2) is 0 Å². The first-order valence-corrected chi connectivity index (χ1v) is 5.46. The minimum Gasteiger partial charge on any atom is -0.373 e. The van der Waals surface area contributed by atoms with Crippen molar-refractivity contribution in [2.75, 3.05) is 13.7 Å². The van der Waals surface area contributed by atoms with Crippen LogP contribution in [0.4, 0.5) is 0 Å². The van der Waals surface area contributed by atoms with E-state index in [1.807, 2.05) is 30.5 Å². The number of hydrogen-bond donors (Lipinski definition) is 0. The van der Waals surface area contributed by atoms with Crippen LogP contribution in [0.5, 0.6) is 0 Å². The quantitative estimate of drug-likeness (QED) is 0.706. The van der Waals surface area contributed by atoms with Crippen molar-refractivity contribution in [1.29, 1.82) is 0 Å². The van der Waals surface area contributed by atoms with E-state index in [1.54, 1.807) is 7.05 Å². The molecular formula is C12H14ClNO. The predicted molar refractivity (Wildman–Crippen MR) is 62.7 cm³/mol. The van der Waals surface area contributed by atoms with Crippen LogP contribution < -0.4 is 0 Å². The molecule has 0 aliphatic carbocycles. The summed E-state index contributed by atoms with van der Waals surface area (Å²) in [5, 5.41) is 0.767. The van der Waals surface area contributed by atoms with Gasteiger partial charge >= 0.3 is 0 Å². The summed E-state index contributed by atoms with van der Waals surface area (Å²) < 4.78 is 5.71. The monoisotopic (exact) mass is 223 g/mol. The molecule has 0 N–H and O–H groups in total. The topological polar surface area (TPSA) is 21.6 Å². The molecule has 0 saturated carbocycles. The molecule has 0 radical (unpaired) electrons. The van der Waals surface area contributed by atoms with Crippen molar-refractivity contribution >= 4 is 17.8 Å². The van der Waals surface area contributed by atoms with Gasteiger partial charge in [-0.05, 0) is 24.1 Å². The Balaban J connectivity index is 2.04. The maximum Gasteiger partial charge on any atom is 0.0832 e. The van der Waals surface area contributed by atoms with Crippen LogP contribution in [0, 0.1) is 5.92 Å². The van der Waals surface area contributed by atoms with Crippen LogP contribution >= 0.6 is 11.6 Å². The van der Waals surface area contributed by atoms with Crippen LogP contribution in [0.2, 0.25) is 5.02 Å². The molecule has 1 saturated heterocycles. The minimum atomic E-state index is 0.199. The highest BCUT2D eigenvalue weighted by molar-refractivity contribution is 6.30. The van der Waals surface area contributed by atoms with E-state index in [0.29, 0.717) is 5.92 Å². The number of rotatable bonds is 2.